The summed E-state index contributed by atoms with van der Waals surface area (Å²) in [5.74, 6) is -0.122. The third-order valence-electron chi connectivity index (χ3n) is 4.31. The molecular formula is C17H27N3O2S. The molecular weight excluding hydrogens is 310 g/mol. The van der Waals surface area contributed by atoms with Gasteiger partial charge in [0.25, 0.3) is 5.91 Å². The molecule has 0 bridgehead atoms. The van der Waals surface area contributed by atoms with Gasteiger partial charge < -0.3 is 10.6 Å². The van der Waals surface area contributed by atoms with E-state index in [9.17, 15) is 9.59 Å². The van der Waals surface area contributed by atoms with E-state index >= 15 is 0 Å². The first kappa shape index (κ1) is 17.9. The normalized spacial score (nSPS) is 16.1. The van der Waals surface area contributed by atoms with E-state index in [-0.39, 0.29) is 17.4 Å². The van der Waals surface area contributed by atoms with Crippen molar-refractivity contribution >= 4 is 23.2 Å². The Morgan fingerprint density at radius 2 is 1.96 bits per heavy atom. The maximum Gasteiger partial charge on any atom is 0.261 e. The second-order valence-electron chi connectivity index (χ2n) is 6.62. The van der Waals surface area contributed by atoms with Crippen molar-refractivity contribution in [2.24, 2.45) is 0 Å². The van der Waals surface area contributed by atoms with Crippen molar-refractivity contribution in [2.45, 2.75) is 45.1 Å². The van der Waals surface area contributed by atoms with E-state index in [1.165, 1.54) is 30.6 Å². The molecule has 0 aromatic carbocycles. The summed E-state index contributed by atoms with van der Waals surface area (Å²) < 4.78 is 0. The third kappa shape index (κ3) is 5.62. The first-order valence-corrected chi connectivity index (χ1v) is 9.20. The Balaban J connectivity index is 1.65. The molecule has 0 aliphatic carbocycles. The molecule has 2 amide bonds. The molecule has 128 valence electrons. The quantitative estimate of drug-likeness (QED) is 0.802. The Kier molecular flexibility index (Phi) is 6.59. The van der Waals surface area contributed by atoms with Crippen molar-refractivity contribution in [1.82, 2.24) is 15.5 Å². The summed E-state index contributed by atoms with van der Waals surface area (Å²) >= 11 is 1.40. The molecule has 0 spiro atoms. The molecule has 1 aliphatic heterocycles. The summed E-state index contributed by atoms with van der Waals surface area (Å²) in [4.78, 5) is 26.9. The minimum Gasteiger partial charge on any atom is -0.354 e. The fourth-order valence-electron chi connectivity index (χ4n) is 2.80. The topological polar surface area (TPSA) is 61.4 Å². The van der Waals surface area contributed by atoms with Gasteiger partial charge >= 0.3 is 0 Å². The number of piperidine rings is 1. The number of hydrogen-bond acceptors (Lipinski definition) is 4. The predicted molar refractivity (Wildman–Crippen MR) is 93.8 cm³/mol. The van der Waals surface area contributed by atoms with Gasteiger partial charge in [-0.1, -0.05) is 12.5 Å². The summed E-state index contributed by atoms with van der Waals surface area (Å²) in [6.07, 6.45) is 4.11. The summed E-state index contributed by atoms with van der Waals surface area (Å²) in [6, 6.07) is 3.62. The average molecular weight is 337 g/mol. The van der Waals surface area contributed by atoms with Crippen molar-refractivity contribution in [3.05, 3.63) is 22.4 Å². The van der Waals surface area contributed by atoms with E-state index in [0.29, 0.717) is 24.4 Å². The standard InChI is InChI=1S/C17H27N3O2S/c1-17(2,20-10-4-3-5-11-20)13-19-15(21)8-9-18-16(22)14-7-6-12-23-14/h6-7,12H,3-5,8-11,13H2,1-2H3,(H,18,22)(H,19,21). The maximum atomic E-state index is 12.0. The number of nitrogens with one attached hydrogen (secondary N) is 2. The van der Waals surface area contributed by atoms with Crippen LogP contribution in [0.3, 0.4) is 0 Å². The molecule has 0 radical (unpaired) electrons. The van der Waals surface area contributed by atoms with E-state index in [0.717, 1.165) is 13.1 Å². The van der Waals surface area contributed by atoms with Crippen molar-refractivity contribution in [3.63, 3.8) is 0 Å². The van der Waals surface area contributed by atoms with Crippen LogP contribution in [0.5, 0.6) is 0 Å². The third-order valence-corrected chi connectivity index (χ3v) is 5.18. The van der Waals surface area contributed by atoms with Gasteiger partial charge in [-0.15, -0.1) is 11.3 Å². The van der Waals surface area contributed by atoms with Gasteiger partial charge in [-0.05, 0) is 51.2 Å². The molecule has 5 nitrogen and oxygen atoms in total. The number of nitrogens with zero attached hydrogens (tertiary/aromatic N) is 1. The van der Waals surface area contributed by atoms with Gasteiger partial charge in [-0.25, -0.2) is 0 Å². The lowest BCUT2D eigenvalue weighted by Crippen LogP contribution is -2.53. The fraction of sp³-hybridized carbons (Fsp3) is 0.647. The van der Waals surface area contributed by atoms with Crippen LogP contribution in [0.2, 0.25) is 0 Å². The highest BCUT2D eigenvalue weighted by Gasteiger charge is 2.28. The van der Waals surface area contributed by atoms with Crippen molar-refractivity contribution in [2.75, 3.05) is 26.2 Å². The largest absolute Gasteiger partial charge is 0.354 e. The monoisotopic (exact) mass is 337 g/mol. The van der Waals surface area contributed by atoms with E-state index in [1.54, 1.807) is 6.07 Å². The Bertz CT molecular complexity index is 508. The van der Waals surface area contributed by atoms with E-state index in [4.69, 9.17) is 0 Å². The van der Waals surface area contributed by atoms with Crippen LogP contribution in [0.15, 0.2) is 17.5 Å². The van der Waals surface area contributed by atoms with Gasteiger partial charge in [-0.3, -0.25) is 14.5 Å². The van der Waals surface area contributed by atoms with Crippen LogP contribution < -0.4 is 10.6 Å². The fourth-order valence-corrected chi connectivity index (χ4v) is 3.44. The summed E-state index contributed by atoms with van der Waals surface area (Å²) in [7, 11) is 0. The van der Waals surface area contributed by atoms with Crippen molar-refractivity contribution in [3.8, 4) is 0 Å². The van der Waals surface area contributed by atoms with Crippen LogP contribution in [0.25, 0.3) is 0 Å². The highest BCUT2D eigenvalue weighted by atomic mass is 32.1. The van der Waals surface area contributed by atoms with Crippen LogP contribution in [0.1, 0.15) is 49.2 Å². The lowest BCUT2D eigenvalue weighted by atomic mass is 9.98. The van der Waals surface area contributed by atoms with Crippen molar-refractivity contribution in [1.29, 1.82) is 0 Å². The Hall–Kier alpha value is -1.40. The number of amides is 2. The highest BCUT2D eigenvalue weighted by Crippen LogP contribution is 2.19. The number of hydrogen-bond donors (Lipinski definition) is 2. The summed E-state index contributed by atoms with van der Waals surface area (Å²) in [5.41, 5.74) is -0.0176. The molecule has 0 saturated carbocycles. The van der Waals surface area contributed by atoms with E-state index in [1.807, 2.05) is 11.4 Å². The van der Waals surface area contributed by atoms with Crippen LogP contribution in [-0.2, 0) is 4.79 Å². The lowest BCUT2D eigenvalue weighted by Gasteiger charge is -2.41. The van der Waals surface area contributed by atoms with Gasteiger partial charge in [0, 0.05) is 25.0 Å². The van der Waals surface area contributed by atoms with Gasteiger partial charge in [0.1, 0.15) is 0 Å². The molecule has 23 heavy (non-hydrogen) atoms. The Morgan fingerprint density at radius 1 is 1.22 bits per heavy atom. The Morgan fingerprint density at radius 3 is 2.61 bits per heavy atom. The van der Waals surface area contributed by atoms with Gasteiger partial charge in [0.05, 0.1) is 4.88 Å². The van der Waals surface area contributed by atoms with Gasteiger partial charge in [-0.2, -0.15) is 0 Å². The molecule has 1 aromatic rings. The molecule has 0 atom stereocenters. The number of likely N-dealkylation sites (tertiary alicyclic amines) is 1. The van der Waals surface area contributed by atoms with Gasteiger partial charge in [0.15, 0.2) is 0 Å². The predicted octanol–water partition coefficient (Wildman–Crippen LogP) is 2.25. The number of rotatable bonds is 7. The molecule has 6 heteroatoms. The maximum absolute atomic E-state index is 12.0. The van der Waals surface area contributed by atoms with Gasteiger partial charge in [0.2, 0.25) is 5.91 Å². The molecule has 1 saturated heterocycles. The first-order valence-electron chi connectivity index (χ1n) is 8.32. The van der Waals surface area contributed by atoms with Crippen LogP contribution >= 0.6 is 11.3 Å². The zero-order chi connectivity index (χ0) is 16.7. The van der Waals surface area contributed by atoms with E-state index < -0.39 is 0 Å². The molecule has 2 N–H and O–H groups in total. The number of thiophene rings is 1. The SMILES string of the molecule is CC(C)(CNC(=O)CCNC(=O)c1cccs1)N1CCCCC1. The molecule has 2 heterocycles. The average Bonchev–Trinajstić information content (AvgIpc) is 3.08. The van der Waals surface area contributed by atoms with Crippen LogP contribution in [0, 0.1) is 0 Å². The molecule has 1 aliphatic rings. The minimum absolute atomic E-state index is 0.0124. The highest BCUT2D eigenvalue weighted by molar-refractivity contribution is 7.12. The van der Waals surface area contributed by atoms with Crippen LogP contribution in [0.4, 0.5) is 0 Å². The number of carbonyl (C=O) groups excluding carboxylic acids is 2. The molecule has 2 rings (SSSR count). The Labute approximate surface area is 142 Å². The zero-order valence-electron chi connectivity index (χ0n) is 14.1. The molecule has 0 unspecified atom stereocenters. The van der Waals surface area contributed by atoms with E-state index in [2.05, 4.69) is 29.4 Å². The second-order valence-corrected chi connectivity index (χ2v) is 7.57. The second kappa shape index (κ2) is 8.45. The van der Waals surface area contributed by atoms with Crippen molar-refractivity contribution < 1.29 is 9.59 Å². The molecule has 1 aromatic heterocycles. The minimum atomic E-state index is -0.110. The molecule has 1 fully saturated rings. The first-order chi connectivity index (χ1) is 11.0. The summed E-state index contributed by atoms with van der Waals surface area (Å²) in [6.45, 7) is 7.59. The lowest BCUT2D eigenvalue weighted by molar-refractivity contribution is -0.121. The number of carbonyl (C=O) groups is 2. The summed E-state index contributed by atoms with van der Waals surface area (Å²) in [5, 5.41) is 7.64. The smallest absolute Gasteiger partial charge is 0.261 e. The van der Waals surface area contributed by atoms with Crippen LogP contribution in [-0.4, -0.2) is 48.4 Å². The zero-order valence-corrected chi connectivity index (χ0v) is 14.9.